The maximum atomic E-state index is 4.52. The molecule has 1 N–H and O–H groups in total. The lowest BCUT2D eigenvalue weighted by Crippen LogP contribution is -2.19. The Bertz CT molecular complexity index is 536. The molecule has 5 heteroatoms. The third-order valence-corrected chi connectivity index (χ3v) is 4.61. The van der Waals surface area contributed by atoms with E-state index in [1.54, 1.807) is 11.3 Å². The zero-order chi connectivity index (χ0) is 13.8. The predicted molar refractivity (Wildman–Crippen MR) is 83.2 cm³/mol. The Balaban J connectivity index is 1.49. The first kappa shape index (κ1) is 13.5. The second-order valence-corrected chi connectivity index (χ2v) is 6.38. The van der Waals surface area contributed by atoms with Gasteiger partial charge < -0.3 is 10.2 Å². The zero-order valence-electron chi connectivity index (χ0n) is 11.7. The van der Waals surface area contributed by atoms with Crippen molar-refractivity contribution in [2.24, 2.45) is 0 Å². The van der Waals surface area contributed by atoms with Gasteiger partial charge in [0.2, 0.25) is 0 Å². The van der Waals surface area contributed by atoms with Gasteiger partial charge in [-0.2, -0.15) is 0 Å². The molecule has 4 nitrogen and oxygen atoms in total. The number of nitrogens with zero attached hydrogens (tertiary/aromatic N) is 3. The van der Waals surface area contributed by atoms with E-state index in [9.17, 15) is 0 Å². The van der Waals surface area contributed by atoms with E-state index in [2.05, 4.69) is 39.4 Å². The van der Waals surface area contributed by atoms with Crippen LogP contribution in [0.1, 0.15) is 23.3 Å². The topological polar surface area (TPSA) is 41.1 Å². The Morgan fingerprint density at radius 1 is 1.35 bits per heavy atom. The van der Waals surface area contributed by atoms with E-state index in [0.29, 0.717) is 0 Å². The molecule has 2 aromatic heterocycles. The lowest BCUT2D eigenvalue weighted by Gasteiger charge is -2.15. The molecule has 0 radical (unpaired) electrons. The molecule has 1 aliphatic rings. The molecule has 0 spiro atoms. The van der Waals surface area contributed by atoms with Gasteiger partial charge in [-0.15, -0.1) is 11.3 Å². The monoisotopic (exact) mass is 288 g/mol. The normalized spacial score (nSPS) is 14.4. The summed E-state index contributed by atoms with van der Waals surface area (Å²) in [5, 5.41) is 4.63. The minimum Gasteiger partial charge on any atom is -0.351 e. The van der Waals surface area contributed by atoms with Crippen LogP contribution in [0.2, 0.25) is 0 Å². The fraction of sp³-hybridized carbons (Fsp3) is 0.467. The second kappa shape index (κ2) is 6.33. The summed E-state index contributed by atoms with van der Waals surface area (Å²) in [5.41, 5.74) is 1.32. The summed E-state index contributed by atoms with van der Waals surface area (Å²) < 4.78 is 0. The summed E-state index contributed by atoms with van der Waals surface area (Å²) in [6.07, 6.45) is 9.38. The molecular formula is C15H20N4S. The number of hydrogen-bond acceptors (Lipinski definition) is 5. The minimum atomic E-state index is 0.755. The fourth-order valence-corrected chi connectivity index (χ4v) is 2.88. The summed E-state index contributed by atoms with van der Waals surface area (Å²) in [4.78, 5) is 12.1. The van der Waals surface area contributed by atoms with Crippen molar-refractivity contribution in [3.05, 3.63) is 41.2 Å². The van der Waals surface area contributed by atoms with Gasteiger partial charge >= 0.3 is 0 Å². The van der Waals surface area contributed by atoms with E-state index in [-0.39, 0.29) is 0 Å². The van der Waals surface area contributed by atoms with Crippen LogP contribution in [0, 0.1) is 0 Å². The number of nitrogens with one attached hydrogen (secondary N) is 1. The lowest BCUT2D eigenvalue weighted by molar-refractivity contribution is 0.694. The summed E-state index contributed by atoms with van der Waals surface area (Å²) in [6, 6.07) is 4.89. The van der Waals surface area contributed by atoms with E-state index in [0.717, 1.165) is 30.7 Å². The van der Waals surface area contributed by atoms with Gasteiger partial charge in [-0.05, 0) is 37.0 Å². The predicted octanol–water partition coefficient (Wildman–Crippen LogP) is 2.47. The minimum absolute atomic E-state index is 0.755. The van der Waals surface area contributed by atoms with Crippen LogP contribution in [0.25, 0.3) is 0 Å². The van der Waals surface area contributed by atoms with Crippen molar-refractivity contribution < 1.29 is 0 Å². The molecule has 106 valence electrons. The number of anilines is 1. The maximum absolute atomic E-state index is 4.52. The Kier molecular flexibility index (Phi) is 4.28. The third kappa shape index (κ3) is 3.77. The van der Waals surface area contributed by atoms with E-state index in [4.69, 9.17) is 0 Å². The van der Waals surface area contributed by atoms with Gasteiger partial charge in [0.1, 0.15) is 0 Å². The number of aromatic nitrogens is 2. The zero-order valence-corrected chi connectivity index (χ0v) is 12.6. The molecule has 1 aliphatic carbocycles. The molecule has 0 bridgehead atoms. The molecule has 2 aromatic rings. The average molecular weight is 288 g/mol. The number of hydrogen-bond donors (Lipinski definition) is 1. The Morgan fingerprint density at radius 3 is 2.90 bits per heavy atom. The molecule has 3 rings (SSSR count). The number of rotatable bonds is 7. The van der Waals surface area contributed by atoms with Crippen LogP contribution in [0.5, 0.6) is 0 Å². The van der Waals surface area contributed by atoms with E-state index in [1.807, 2.05) is 18.6 Å². The molecule has 0 aromatic carbocycles. The Hall–Kier alpha value is -1.46. The van der Waals surface area contributed by atoms with E-state index < -0.39 is 0 Å². The van der Waals surface area contributed by atoms with Crippen LogP contribution in [-0.4, -0.2) is 29.6 Å². The van der Waals surface area contributed by atoms with Crippen molar-refractivity contribution in [1.82, 2.24) is 15.3 Å². The standard InChI is InChI=1S/C15H20N4S/c1-19(9-6-12-4-7-16-8-5-12)15-18-11-14(20-15)10-17-13-2-3-13/h4-5,7-8,11,13,17H,2-3,6,9-10H2,1H3. The fourth-order valence-electron chi connectivity index (χ4n) is 2.03. The molecule has 0 amide bonds. The highest BCUT2D eigenvalue weighted by atomic mass is 32.1. The molecule has 0 atom stereocenters. The van der Waals surface area contributed by atoms with Gasteiger partial charge in [0.05, 0.1) is 0 Å². The molecule has 0 saturated heterocycles. The van der Waals surface area contributed by atoms with Crippen LogP contribution in [0.3, 0.4) is 0 Å². The van der Waals surface area contributed by atoms with Crippen molar-refractivity contribution >= 4 is 16.5 Å². The van der Waals surface area contributed by atoms with Crippen molar-refractivity contribution in [2.75, 3.05) is 18.5 Å². The maximum Gasteiger partial charge on any atom is 0.185 e. The first-order chi connectivity index (χ1) is 9.81. The largest absolute Gasteiger partial charge is 0.351 e. The van der Waals surface area contributed by atoms with Crippen molar-refractivity contribution in [3.63, 3.8) is 0 Å². The van der Waals surface area contributed by atoms with Crippen LogP contribution in [0.15, 0.2) is 30.7 Å². The van der Waals surface area contributed by atoms with Gasteiger partial charge in [0.15, 0.2) is 5.13 Å². The summed E-state index contributed by atoms with van der Waals surface area (Å²) in [5.74, 6) is 0. The number of pyridine rings is 1. The number of likely N-dealkylation sites (N-methyl/N-ethyl adjacent to an activating group) is 1. The van der Waals surface area contributed by atoms with E-state index in [1.165, 1.54) is 23.3 Å². The summed E-state index contributed by atoms with van der Waals surface area (Å²) in [6.45, 7) is 1.94. The van der Waals surface area contributed by atoms with Gasteiger partial charge in [0, 0.05) is 49.6 Å². The molecule has 0 aliphatic heterocycles. The highest BCUT2D eigenvalue weighted by molar-refractivity contribution is 7.15. The van der Waals surface area contributed by atoms with Gasteiger partial charge in [-0.3, -0.25) is 4.98 Å². The van der Waals surface area contributed by atoms with Gasteiger partial charge in [-0.1, -0.05) is 0 Å². The smallest absolute Gasteiger partial charge is 0.185 e. The lowest BCUT2D eigenvalue weighted by atomic mass is 10.2. The van der Waals surface area contributed by atoms with Crippen molar-refractivity contribution in [1.29, 1.82) is 0 Å². The number of thiazole rings is 1. The van der Waals surface area contributed by atoms with Crippen LogP contribution in [-0.2, 0) is 13.0 Å². The molecule has 20 heavy (non-hydrogen) atoms. The van der Waals surface area contributed by atoms with Crippen molar-refractivity contribution in [3.8, 4) is 0 Å². The third-order valence-electron chi connectivity index (χ3n) is 3.50. The molecule has 1 fully saturated rings. The van der Waals surface area contributed by atoms with Crippen molar-refractivity contribution in [2.45, 2.75) is 31.8 Å². The highest BCUT2D eigenvalue weighted by Crippen LogP contribution is 2.24. The SMILES string of the molecule is CN(CCc1ccncc1)c1ncc(CNC2CC2)s1. The van der Waals surface area contributed by atoms with Crippen LogP contribution < -0.4 is 10.2 Å². The first-order valence-corrected chi connectivity index (χ1v) is 7.91. The molecule has 2 heterocycles. The Labute approximate surface area is 123 Å². The van der Waals surface area contributed by atoms with E-state index >= 15 is 0 Å². The molecule has 1 saturated carbocycles. The Morgan fingerprint density at radius 2 is 2.15 bits per heavy atom. The highest BCUT2D eigenvalue weighted by Gasteiger charge is 2.20. The summed E-state index contributed by atoms with van der Waals surface area (Å²) in [7, 11) is 2.11. The van der Waals surface area contributed by atoms with Gasteiger partial charge in [0.25, 0.3) is 0 Å². The second-order valence-electron chi connectivity index (χ2n) is 5.29. The van der Waals surface area contributed by atoms with Gasteiger partial charge in [-0.25, -0.2) is 4.98 Å². The molecule has 0 unspecified atom stereocenters. The summed E-state index contributed by atoms with van der Waals surface area (Å²) >= 11 is 1.79. The average Bonchev–Trinajstić information content (AvgIpc) is 3.20. The van der Waals surface area contributed by atoms with Crippen LogP contribution >= 0.6 is 11.3 Å². The van der Waals surface area contributed by atoms with Crippen LogP contribution in [0.4, 0.5) is 5.13 Å². The molecular weight excluding hydrogens is 268 g/mol. The first-order valence-electron chi connectivity index (χ1n) is 7.09. The quantitative estimate of drug-likeness (QED) is 0.850.